The number of nitrogens with zero attached hydrogens (tertiary/aromatic N) is 1. The molecule has 0 atom stereocenters. The van der Waals surface area contributed by atoms with Gasteiger partial charge < -0.3 is 4.74 Å². The predicted molar refractivity (Wildman–Crippen MR) is 124 cm³/mol. The molecule has 4 aromatic rings. The first kappa shape index (κ1) is 21.4. The van der Waals surface area contributed by atoms with Crippen LogP contribution in [0.5, 0.6) is 5.75 Å². The molecule has 0 unspecified atom stereocenters. The first-order valence-electron chi connectivity index (χ1n) is 10.6. The van der Waals surface area contributed by atoms with Crippen molar-refractivity contribution in [2.24, 2.45) is 0 Å². The van der Waals surface area contributed by atoms with Gasteiger partial charge in [-0.3, -0.25) is 9.78 Å². The van der Waals surface area contributed by atoms with Gasteiger partial charge in [0.1, 0.15) is 24.0 Å². The van der Waals surface area contributed by atoms with Crippen LogP contribution in [0, 0.1) is 5.82 Å². The highest BCUT2D eigenvalue weighted by atomic mass is 19.1. The number of hydrogen-bond donors (Lipinski definition) is 0. The van der Waals surface area contributed by atoms with Crippen LogP contribution < -0.4 is 4.74 Å². The molecule has 0 radical (unpaired) electrons. The highest BCUT2D eigenvalue weighted by Gasteiger charge is 2.10. The van der Waals surface area contributed by atoms with Gasteiger partial charge in [0.25, 0.3) is 0 Å². The summed E-state index contributed by atoms with van der Waals surface area (Å²) in [6.45, 7) is 0.362. The molecule has 160 valence electrons. The maximum absolute atomic E-state index is 14.2. The summed E-state index contributed by atoms with van der Waals surface area (Å²) in [6, 6.07) is 25.9. The van der Waals surface area contributed by atoms with Gasteiger partial charge in [-0.05, 0) is 41.3 Å². The lowest BCUT2D eigenvalue weighted by molar-refractivity contribution is -0.118. The van der Waals surface area contributed by atoms with Crippen LogP contribution in [0.3, 0.4) is 0 Å². The van der Waals surface area contributed by atoms with E-state index < -0.39 is 0 Å². The third-order valence-corrected chi connectivity index (χ3v) is 5.28. The van der Waals surface area contributed by atoms with Gasteiger partial charge in [0.15, 0.2) is 0 Å². The second-order valence-electron chi connectivity index (χ2n) is 7.66. The lowest BCUT2D eigenvalue weighted by Crippen LogP contribution is -2.05. The largest absolute Gasteiger partial charge is 0.488 e. The summed E-state index contributed by atoms with van der Waals surface area (Å²) < 4.78 is 20.2. The number of aromatic nitrogens is 1. The van der Waals surface area contributed by atoms with E-state index in [1.54, 1.807) is 24.5 Å². The number of aryl methyl sites for hydroxylation is 1. The Balaban J connectivity index is 1.34. The molecule has 4 heteroatoms. The summed E-state index contributed by atoms with van der Waals surface area (Å²) in [4.78, 5) is 16.4. The number of halogens is 1. The molecule has 0 spiro atoms. The highest BCUT2D eigenvalue weighted by molar-refractivity contribution is 5.81. The van der Waals surface area contributed by atoms with E-state index in [1.165, 1.54) is 6.07 Å². The minimum absolute atomic E-state index is 0.205. The Morgan fingerprint density at radius 3 is 2.25 bits per heavy atom. The Hall–Kier alpha value is -3.79. The highest BCUT2D eigenvalue weighted by Crippen LogP contribution is 2.32. The Bertz CT molecular complexity index is 1170. The molecule has 0 fully saturated rings. The Morgan fingerprint density at radius 1 is 0.781 bits per heavy atom. The molecule has 0 N–H and O–H groups in total. The van der Waals surface area contributed by atoms with Crippen molar-refractivity contribution in [2.45, 2.75) is 25.9 Å². The fourth-order valence-electron chi connectivity index (χ4n) is 3.55. The lowest BCUT2D eigenvalue weighted by Gasteiger charge is -2.12. The second-order valence-corrected chi connectivity index (χ2v) is 7.66. The van der Waals surface area contributed by atoms with Crippen molar-refractivity contribution in [3.8, 4) is 16.9 Å². The van der Waals surface area contributed by atoms with Gasteiger partial charge in [0.05, 0.1) is 0 Å². The summed E-state index contributed by atoms with van der Waals surface area (Å²) >= 11 is 0. The van der Waals surface area contributed by atoms with Crippen molar-refractivity contribution >= 4 is 5.78 Å². The first-order chi connectivity index (χ1) is 15.7. The number of hydrogen-bond acceptors (Lipinski definition) is 3. The molecule has 0 saturated carbocycles. The van der Waals surface area contributed by atoms with E-state index in [0.29, 0.717) is 37.2 Å². The molecule has 1 heterocycles. The van der Waals surface area contributed by atoms with Crippen molar-refractivity contribution in [2.75, 3.05) is 0 Å². The van der Waals surface area contributed by atoms with E-state index in [9.17, 15) is 9.18 Å². The number of Topliss-reactive ketones (excluding diaryl/α,β-unsaturated/α-hetero) is 1. The SMILES string of the molecule is O=C(CCc1cccnc1)Cc1ccc(COc2ccccc2-c2ccccc2F)cc1. The molecule has 0 aliphatic rings. The number of benzene rings is 3. The average Bonchev–Trinajstić information content (AvgIpc) is 2.84. The van der Waals surface area contributed by atoms with Gasteiger partial charge in [0, 0.05) is 36.4 Å². The van der Waals surface area contributed by atoms with Crippen LogP contribution in [0.25, 0.3) is 11.1 Å². The smallest absolute Gasteiger partial charge is 0.137 e. The summed E-state index contributed by atoms with van der Waals surface area (Å²) in [7, 11) is 0. The van der Waals surface area contributed by atoms with Gasteiger partial charge in [-0.15, -0.1) is 0 Å². The van der Waals surface area contributed by atoms with Gasteiger partial charge >= 0.3 is 0 Å². The molecule has 3 aromatic carbocycles. The minimum Gasteiger partial charge on any atom is -0.488 e. The maximum Gasteiger partial charge on any atom is 0.137 e. The fourth-order valence-corrected chi connectivity index (χ4v) is 3.55. The van der Waals surface area contributed by atoms with Crippen LogP contribution in [0.4, 0.5) is 4.39 Å². The van der Waals surface area contributed by atoms with Gasteiger partial charge in [-0.25, -0.2) is 4.39 Å². The summed E-state index contributed by atoms with van der Waals surface area (Å²) in [5, 5.41) is 0. The van der Waals surface area contributed by atoms with Crippen LogP contribution >= 0.6 is 0 Å². The topological polar surface area (TPSA) is 39.2 Å². The molecule has 0 aliphatic carbocycles. The van der Waals surface area contributed by atoms with Gasteiger partial charge in [-0.2, -0.15) is 0 Å². The number of carbonyl (C=O) groups is 1. The average molecular weight is 426 g/mol. The molecule has 0 amide bonds. The van der Waals surface area contributed by atoms with Crippen molar-refractivity contribution in [3.05, 3.63) is 120 Å². The Morgan fingerprint density at radius 2 is 1.50 bits per heavy atom. The molecule has 0 bridgehead atoms. The monoisotopic (exact) mass is 425 g/mol. The van der Waals surface area contributed by atoms with Crippen LogP contribution in [0.15, 0.2) is 97.3 Å². The van der Waals surface area contributed by atoms with E-state index in [-0.39, 0.29) is 11.6 Å². The van der Waals surface area contributed by atoms with Crippen molar-refractivity contribution < 1.29 is 13.9 Å². The van der Waals surface area contributed by atoms with Crippen LogP contribution in [-0.2, 0) is 24.2 Å². The quantitative estimate of drug-likeness (QED) is 0.320. The van der Waals surface area contributed by atoms with Crippen LogP contribution in [0.2, 0.25) is 0 Å². The van der Waals surface area contributed by atoms with E-state index in [2.05, 4.69) is 4.98 Å². The van der Waals surface area contributed by atoms with Crippen molar-refractivity contribution in [1.82, 2.24) is 4.98 Å². The molecular formula is C28H24FNO2. The number of para-hydroxylation sites is 1. The van der Waals surface area contributed by atoms with Crippen LogP contribution in [-0.4, -0.2) is 10.8 Å². The zero-order chi connectivity index (χ0) is 22.2. The third-order valence-electron chi connectivity index (χ3n) is 5.28. The molecule has 4 rings (SSSR count). The van der Waals surface area contributed by atoms with Gasteiger partial charge in [-0.1, -0.05) is 66.7 Å². The standard InChI is InChI=1S/C28H24FNO2/c29-27-9-3-1-7-25(27)26-8-2-4-10-28(26)32-20-23-13-11-21(12-14-23)18-24(31)16-15-22-6-5-17-30-19-22/h1-14,17,19H,15-16,18,20H2. The molecule has 1 aromatic heterocycles. The van der Waals surface area contributed by atoms with E-state index in [4.69, 9.17) is 4.74 Å². The summed E-state index contributed by atoms with van der Waals surface area (Å²) in [5.74, 6) is 0.560. The van der Waals surface area contributed by atoms with Gasteiger partial charge in [0.2, 0.25) is 0 Å². The normalized spacial score (nSPS) is 10.7. The van der Waals surface area contributed by atoms with E-state index in [1.807, 2.05) is 66.7 Å². The molecule has 0 aliphatic heterocycles. The van der Waals surface area contributed by atoms with E-state index in [0.717, 1.165) is 22.3 Å². The number of rotatable bonds is 9. The van der Waals surface area contributed by atoms with Crippen molar-refractivity contribution in [3.63, 3.8) is 0 Å². The number of ether oxygens (including phenoxy) is 1. The third kappa shape index (κ3) is 5.67. The molecular weight excluding hydrogens is 401 g/mol. The second kappa shape index (κ2) is 10.5. The number of ketones is 1. The fraction of sp³-hybridized carbons (Fsp3) is 0.143. The Labute approximate surface area is 187 Å². The Kier molecular flexibility index (Phi) is 7.03. The zero-order valence-electron chi connectivity index (χ0n) is 17.7. The molecule has 0 saturated heterocycles. The zero-order valence-corrected chi connectivity index (χ0v) is 17.7. The summed E-state index contributed by atoms with van der Waals surface area (Å²) in [5.41, 5.74) is 4.28. The molecule has 3 nitrogen and oxygen atoms in total. The van der Waals surface area contributed by atoms with E-state index >= 15 is 0 Å². The molecule has 32 heavy (non-hydrogen) atoms. The maximum atomic E-state index is 14.2. The lowest BCUT2D eigenvalue weighted by atomic mass is 10.0. The predicted octanol–water partition coefficient (Wildman–Crippen LogP) is 6.21. The summed E-state index contributed by atoms with van der Waals surface area (Å²) in [6.07, 6.45) is 5.16. The minimum atomic E-state index is -0.277. The van der Waals surface area contributed by atoms with Crippen molar-refractivity contribution in [1.29, 1.82) is 0 Å². The van der Waals surface area contributed by atoms with Crippen LogP contribution in [0.1, 0.15) is 23.1 Å². The number of carbonyl (C=O) groups excluding carboxylic acids is 1. The first-order valence-corrected chi connectivity index (χ1v) is 10.6. The number of pyridine rings is 1.